The molecule has 1 aromatic carbocycles. The Morgan fingerprint density at radius 2 is 1.86 bits per heavy atom. The molecular formula is C17H15FN2OS. The Hall–Kier alpha value is -2.40. The van der Waals surface area contributed by atoms with E-state index in [2.05, 4.69) is 5.32 Å². The van der Waals surface area contributed by atoms with Crippen molar-refractivity contribution in [2.45, 2.75) is 12.5 Å². The number of thiophene rings is 1. The van der Waals surface area contributed by atoms with Gasteiger partial charge in [0, 0.05) is 23.0 Å². The molecule has 112 valence electrons. The maximum absolute atomic E-state index is 12.9. The van der Waals surface area contributed by atoms with Gasteiger partial charge in [0.05, 0.1) is 12.5 Å². The number of carbonyl (C=O) groups excluding carboxylic acids is 1. The summed E-state index contributed by atoms with van der Waals surface area (Å²) in [6, 6.07) is 13.6. The van der Waals surface area contributed by atoms with Crippen LogP contribution in [0.5, 0.6) is 0 Å². The molecule has 0 aliphatic rings. The summed E-state index contributed by atoms with van der Waals surface area (Å²) in [6.07, 6.45) is 4.23. The van der Waals surface area contributed by atoms with Crippen LogP contribution in [0.1, 0.15) is 17.3 Å². The number of benzene rings is 1. The van der Waals surface area contributed by atoms with Gasteiger partial charge in [-0.15, -0.1) is 11.3 Å². The summed E-state index contributed by atoms with van der Waals surface area (Å²) in [4.78, 5) is 13.4. The van der Waals surface area contributed by atoms with E-state index < -0.39 is 0 Å². The van der Waals surface area contributed by atoms with Gasteiger partial charge in [0.2, 0.25) is 5.91 Å². The Bertz CT molecular complexity index is 686. The molecule has 1 N–H and O–H groups in total. The van der Waals surface area contributed by atoms with Crippen molar-refractivity contribution in [3.05, 3.63) is 77.0 Å². The number of anilines is 1. The van der Waals surface area contributed by atoms with E-state index in [0.717, 1.165) is 4.88 Å². The summed E-state index contributed by atoms with van der Waals surface area (Å²) >= 11 is 1.63. The van der Waals surface area contributed by atoms with E-state index in [1.165, 1.54) is 12.1 Å². The Morgan fingerprint density at radius 3 is 2.50 bits per heavy atom. The first-order chi connectivity index (χ1) is 10.7. The maximum atomic E-state index is 12.9. The second-order valence-electron chi connectivity index (χ2n) is 4.92. The van der Waals surface area contributed by atoms with Crippen LogP contribution in [0.3, 0.4) is 0 Å². The highest BCUT2D eigenvalue weighted by Crippen LogP contribution is 2.27. The topological polar surface area (TPSA) is 34.0 Å². The number of hydrogen-bond acceptors (Lipinski definition) is 2. The summed E-state index contributed by atoms with van der Waals surface area (Å²) in [5, 5.41) is 4.81. The minimum atomic E-state index is -0.318. The Labute approximate surface area is 132 Å². The monoisotopic (exact) mass is 314 g/mol. The summed E-state index contributed by atoms with van der Waals surface area (Å²) in [6.45, 7) is 0. The van der Waals surface area contributed by atoms with Crippen molar-refractivity contribution in [1.82, 2.24) is 4.57 Å². The zero-order chi connectivity index (χ0) is 15.4. The van der Waals surface area contributed by atoms with E-state index in [4.69, 9.17) is 0 Å². The average molecular weight is 314 g/mol. The lowest BCUT2D eigenvalue weighted by atomic mass is 10.1. The third kappa shape index (κ3) is 3.43. The van der Waals surface area contributed by atoms with Gasteiger partial charge in [-0.3, -0.25) is 4.79 Å². The quantitative estimate of drug-likeness (QED) is 0.748. The van der Waals surface area contributed by atoms with Crippen molar-refractivity contribution in [2.75, 3.05) is 5.32 Å². The van der Waals surface area contributed by atoms with Crippen LogP contribution in [0.25, 0.3) is 0 Å². The minimum Gasteiger partial charge on any atom is -0.346 e. The molecular weight excluding hydrogens is 299 g/mol. The summed E-state index contributed by atoms with van der Waals surface area (Å²) in [5.41, 5.74) is 0.601. The molecule has 0 saturated heterocycles. The lowest BCUT2D eigenvalue weighted by Crippen LogP contribution is -2.19. The standard InChI is InChI=1S/C17H15FN2OS/c18-13-5-7-14(8-6-13)19-17(21)12-15(16-4-3-11-22-16)20-9-1-2-10-20/h1-11,15H,12H2,(H,19,21). The van der Waals surface area contributed by atoms with Gasteiger partial charge in [0.15, 0.2) is 0 Å². The number of halogens is 1. The Kier molecular flexibility index (Phi) is 4.34. The zero-order valence-corrected chi connectivity index (χ0v) is 12.6. The van der Waals surface area contributed by atoms with Gasteiger partial charge in [-0.2, -0.15) is 0 Å². The van der Waals surface area contributed by atoms with Gasteiger partial charge < -0.3 is 9.88 Å². The van der Waals surface area contributed by atoms with Gasteiger partial charge in [-0.05, 0) is 47.8 Å². The van der Waals surface area contributed by atoms with E-state index >= 15 is 0 Å². The van der Waals surface area contributed by atoms with Crippen LogP contribution in [0, 0.1) is 5.82 Å². The van der Waals surface area contributed by atoms with Crippen molar-refractivity contribution in [3.63, 3.8) is 0 Å². The first kappa shape index (κ1) is 14.5. The summed E-state index contributed by atoms with van der Waals surface area (Å²) in [7, 11) is 0. The van der Waals surface area contributed by atoms with Gasteiger partial charge >= 0.3 is 0 Å². The number of amides is 1. The molecule has 0 radical (unpaired) electrons. The minimum absolute atomic E-state index is 0.0320. The molecule has 3 rings (SSSR count). The summed E-state index contributed by atoms with van der Waals surface area (Å²) < 4.78 is 14.9. The largest absolute Gasteiger partial charge is 0.346 e. The fraction of sp³-hybridized carbons (Fsp3) is 0.118. The van der Waals surface area contributed by atoms with Crippen molar-refractivity contribution < 1.29 is 9.18 Å². The van der Waals surface area contributed by atoms with Gasteiger partial charge in [-0.1, -0.05) is 6.07 Å². The molecule has 0 spiro atoms. The number of carbonyl (C=O) groups is 1. The second kappa shape index (κ2) is 6.58. The second-order valence-corrected chi connectivity index (χ2v) is 5.90. The molecule has 0 saturated carbocycles. The van der Waals surface area contributed by atoms with Crippen LogP contribution >= 0.6 is 11.3 Å². The molecule has 2 aromatic heterocycles. The van der Waals surface area contributed by atoms with E-state index in [1.54, 1.807) is 23.5 Å². The molecule has 1 atom stereocenters. The van der Waals surface area contributed by atoms with Crippen molar-refractivity contribution in [1.29, 1.82) is 0 Å². The molecule has 3 aromatic rings. The molecule has 0 aliphatic carbocycles. The normalized spacial score (nSPS) is 12.0. The summed E-state index contributed by atoms with van der Waals surface area (Å²) in [5.74, 6) is -0.416. The number of rotatable bonds is 5. The highest BCUT2D eigenvalue weighted by Gasteiger charge is 2.18. The third-order valence-corrected chi connectivity index (χ3v) is 4.34. The molecule has 1 unspecified atom stereocenters. The highest BCUT2D eigenvalue weighted by atomic mass is 32.1. The first-order valence-corrected chi connectivity index (χ1v) is 7.81. The van der Waals surface area contributed by atoms with Crippen molar-refractivity contribution in [2.24, 2.45) is 0 Å². The van der Waals surface area contributed by atoms with E-state index in [-0.39, 0.29) is 17.8 Å². The van der Waals surface area contributed by atoms with Crippen LogP contribution < -0.4 is 5.32 Å². The molecule has 0 fully saturated rings. The molecule has 3 nitrogen and oxygen atoms in total. The maximum Gasteiger partial charge on any atom is 0.226 e. The third-order valence-electron chi connectivity index (χ3n) is 3.37. The predicted molar refractivity (Wildman–Crippen MR) is 86.5 cm³/mol. The molecule has 2 heterocycles. The Morgan fingerprint density at radius 1 is 1.14 bits per heavy atom. The van der Waals surface area contributed by atoms with Crippen LogP contribution in [-0.2, 0) is 4.79 Å². The molecule has 1 amide bonds. The Balaban J connectivity index is 1.73. The van der Waals surface area contributed by atoms with Crippen LogP contribution in [-0.4, -0.2) is 10.5 Å². The first-order valence-electron chi connectivity index (χ1n) is 6.93. The highest BCUT2D eigenvalue weighted by molar-refractivity contribution is 7.10. The van der Waals surface area contributed by atoms with Gasteiger partial charge in [0.1, 0.15) is 5.82 Å². The lowest BCUT2D eigenvalue weighted by Gasteiger charge is -2.17. The number of nitrogens with zero attached hydrogens (tertiary/aromatic N) is 1. The van der Waals surface area contributed by atoms with Crippen molar-refractivity contribution >= 4 is 22.9 Å². The molecule has 22 heavy (non-hydrogen) atoms. The number of aromatic nitrogens is 1. The van der Waals surface area contributed by atoms with Crippen LogP contribution in [0.15, 0.2) is 66.3 Å². The van der Waals surface area contributed by atoms with E-state index in [0.29, 0.717) is 12.1 Å². The smallest absolute Gasteiger partial charge is 0.226 e. The SMILES string of the molecule is O=C(CC(c1cccs1)n1cccc1)Nc1ccc(F)cc1. The fourth-order valence-electron chi connectivity index (χ4n) is 2.31. The van der Waals surface area contributed by atoms with Gasteiger partial charge in [-0.25, -0.2) is 4.39 Å². The van der Waals surface area contributed by atoms with Gasteiger partial charge in [0.25, 0.3) is 0 Å². The van der Waals surface area contributed by atoms with Crippen LogP contribution in [0.2, 0.25) is 0 Å². The van der Waals surface area contributed by atoms with E-state index in [1.807, 2.05) is 46.6 Å². The molecule has 5 heteroatoms. The average Bonchev–Trinajstić information content (AvgIpc) is 3.21. The van der Waals surface area contributed by atoms with E-state index in [9.17, 15) is 9.18 Å². The molecule has 0 aliphatic heterocycles. The lowest BCUT2D eigenvalue weighted by molar-refractivity contribution is -0.116. The number of hydrogen-bond donors (Lipinski definition) is 1. The number of nitrogens with one attached hydrogen (secondary N) is 1. The fourth-order valence-corrected chi connectivity index (χ4v) is 3.14. The van der Waals surface area contributed by atoms with Crippen LogP contribution in [0.4, 0.5) is 10.1 Å². The molecule has 0 bridgehead atoms. The predicted octanol–water partition coefficient (Wildman–Crippen LogP) is 4.31. The van der Waals surface area contributed by atoms with Crippen molar-refractivity contribution in [3.8, 4) is 0 Å². The zero-order valence-electron chi connectivity index (χ0n) is 11.8.